The number of imidazole rings is 1. The molecular weight excluding hydrogens is 178 g/mol. The SMILES string of the molecule is Cn1cnc2cc(C(N)NN)ccc21. The molecule has 1 atom stereocenters. The van der Waals surface area contributed by atoms with Gasteiger partial charge in [0.15, 0.2) is 0 Å². The van der Waals surface area contributed by atoms with Crippen LogP contribution in [0.5, 0.6) is 0 Å². The van der Waals surface area contributed by atoms with E-state index in [0.29, 0.717) is 0 Å². The van der Waals surface area contributed by atoms with E-state index in [0.717, 1.165) is 16.6 Å². The van der Waals surface area contributed by atoms with Crippen molar-refractivity contribution >= 4 is 11.0 Å². The van der Waals surface area contributed by atoms with Gasteiger partial charge in [-0.05, 0) is 17.7 Å². The Kier molecular flexibility index (Phi) is 2.20. The number of nitrogens with two attached hydrogens (primary N) is 2. The van der Waals surface area contributed by atoms with Crippen molar-refractivity contribution in [1.29, 1.82) is 0 Å². The molecule has 0 aliphatic heterocycles. The Bertz CT molecular complexity index is 447. The van der Waals surface area contributed by atoms with Crippen LogP contribution in [0, 0.1) is 0 Å². The number of aromatic nitrogens is 2. The molecule has 0 bridgehead atoms. The lowest BCUT2D eigenvalue weighted by Crippen LogP contribution is -2.34. The first kappa shape index (κ1) is 9.14. The number of benzene rings is 1. The number of rotatable bonds is 2. The molecular formula is C9H13N5. The van der Waals surface area contributed by atoms with Crippen molar-refractivity contribution in [2.24, 2.45) is 18.6 Å². The summed E-state index contributed by atoms with van der Waals surface area (Å²) in [5, 5.41) is 0. The van der Waals surface area contributed by atoms with Crippen LogP contribution in [0.15, 0.2) is 24.5 Å². The van der Waals surface area contributed by atoms with E-state index in [9.17, 15) is 0 Å². The van der Waals surface area contributed by atoms with Crippen molar-refractivity contribution in [3.8, 4) is 0 Å². The zero-order valence-electron chi connectivity index (χ0n) is 7.94. The third kappa shape index (κ3) is 1.37. The Labute approximate surface area is 81.7 Å². The summed E-state index contributed by atoms with van der Waals surface area (Å²) in [7, 11) is 1.95. The summed E-state index contributed by atoms with van der Waals surface area (Å²) in [6.45, 7) is 0. The van der Waals surface area contributed by atoms with E-state index < -0.39 is 0 Å². The van der Waals surface area contributed by atoms with Crippen molar-refractivity contribution in [2.75, 3.05) is 0 Å². The highest BCUT2D eigenvalue weighted by molar-refractivity contribution is 5.76. The second kappa shape index (κ2) is 3.38. The zero-order chi connectivity index (χ0) is 10.1. The van der Waals surface area contributed by atoms with Gasteiger partial charge in [0.05, 0.1) is 23.5 Å². The van der Waals surface area contributed by atoms with Crippen LogP contribution in [0.25, 0.3) is 11.0 Å². The first-order valence-corrected chi connectivity index (χ1v) is 4.35. The predicted octanol–water partition coefficient (Wildman–Crippen LogP) is -0.00610. The minimum absolute atomic E-state index is 0.346. The molecule has 0 amide bonds. The van der Waals surface area contributed by atoms with Crippen LogP contribution in [0.1, 0.15) is 11.7 Å². The first-order valence-electron chi connectivity index (χ1n) is 4.35. The van der Waals surface area contributed by atoms with E-state index in [1.807, 2.05) is 29.8 Å². The Balaban J connectivity index is 2.52. The average Bonchev–Trinajstić information content (AvgIpc) is 2.59. The van der Waals surface area contributed by atoms with Gasteiger partial charge in [0, 0.05) is 7.05 Å². The number of aryl methyl sites for hydroxylation is 1. The third-order valence-electron chi connectivity index (χ3n) is 2.29. The standard InChI is InChI=1S/C9H13N5/c1-14-5-12-7-4-6(9(10)13-11)2-3-8(7)14/h2-5,9,13H,10-11H2,1H3. The summed E-state index contributed by atoms with van der Waals surface area (Å²) in [5.74, 6) is 5.25. The summed E-state index contributed by atoms with van der Waals surface area (Å²) >= 11 is 0. The Morgan fingerprint density at radius 1 is 1.50 bits per heavy atom. The third-order valence-corrected chi connectivity index (χ3v) is 2.29. The van der Waals surface area contributed by atoms with Crippen LogP contribution in [0.2, 0.25) is 0 Å². The van der Waals surface area contributed by atoms with E-state index >= 15 is 0 Å². The first-order chi connectivity index (χ1) is 6.72. The molecule has 5 N–H and O–H groups in total. The summed E-state index contributed by atoms with van der Waals surface area (Å²) in [6.07, 6.45) is 1.43. The van der Waals surface area contributed by atoms with E-state index in [1.165, 1.54) is 0 Å². The largest absolute Gasteiger partial charge is 0.334 e. The van der Waals surface area contributed by atoms with E-state index in [-0.39, 0.29) is 6.17 Å². The number of hydrogen-bond donors (Lipinski definition) is 3. The van der Waals surface area contributed by atoms with Gasteiger partial charge in [0.1, 0.15) is 0 Å². The van der Waals surface area contributed by atoms with Gasteiger partial charge in [-0.2, -0.15) is 0 Å². The van der Waals surface area contributed by atoms with Crippen LogP contribution in [0.3, 0.4) is 0 Å². The predicted molar refractivity (Wildman–Crippen MR) is 55.0 cm³/mol. The molecule has 1 heterocycles. The van der Waals surface area contributed by atoms with Gasteiger partial charge in [-0.1, -0.05) is 6.07 Å². The maximum atomic E-state index is 5.72. The second-order valence-electron chi connectivity index (χ2n) is 3.25. The van der Waals surface area contributed by atoms with Crippen LogP contribution in [-0.2, 0) is 7.05 Å². The van der Waals surface area contributed by atoms with Crippen LogP contribution < -0.4 is 17.0 Å². The zero-order valence-corrected chi connectivity index (χ0v) is 7.94. The normalized spacial score (nSPS) is 13.4. The molecule has 1 aromatic carbocycles. The molecule has 0 fully saturated rings. The molecule has 5 nitrogen and oxygen atoms in total. The molecule has 0 aliphatic rings. The molecule has 0 saturated carbocycles. The molecule has 2 aromatic rings. The summed E-state index contributed by atoms with van der Waals surface area (Å²) < 4.78 is 1.96. The molecule has 2 rings (SSSR count). The Hall–Kier alpha value is -1.43. The van der Waals surface area contributed by atoms with Crippen LogP contribution >= 0.6 is 0 Å². The fourth-order valence-corrected chi connectivity index (χ4v) is 1.44. The molecule has 1 aromatic heterocycles. The Morgan fingerprint density at radius 3 is 3.00 bits per heavy atom. The maximum absolute atomic E-state index is 5.72. The average molecular weight is 191 g/mol. The Morgan fingerprint density at radius 2 is 2.29 bits per heavy atom. The van der Waals surface area contributed by atoms with E-state index in [1.54, 1.807) is 6.33 Å². The quantitative estimate of drug-likeness (QED) is 0.354. The summed E-state index contributed by atoms with van der Waals surface area (Å²) in [4.78, 5) is 4.23. The molecule has 74 valence electrons. The topological polar surface area (TPSA) is 81.9 Å². The van der Waals surface area contributed by atoms with Gasteiger partial charge in [-0.25, -0.2) is 10.4 Å². The van der Waals surface area contributed by atoms with Gasteiger partial charge in [-0.15, -0.1) is 0 Å². The highest BCUT2D eigenvalue weighted by Gasteiger charge is 2.05. The fraction of sp³-hybridized carbons (Fsp3) is 0.222. The minimum atomic E-state index is -0.346. The molecule has 0 aliphatic carbocycles. The second-order valence-corrected chi connectivity index (χ2v) is 3.25. The number of hydrazine groups is 1. The van der Waals surface area contributed by atoms with Gasteiger partial charge < -0.3 is 10.3 Å². The van der Waals surface area contributed by atoms with Crippen LogP contribution in [0.4, 0.5) is 0 Å². The minimum Gasteiger partial charge on any atom is -0.334 e. The summed E-state index contributed by atoms with van der Waals surface area (Å²) in [6, 6.07) is 5.85. The number of nitrogens with one attached hydrogen (secondary N) is 1. The molecule has 14 heavy (non-hydrogen) atoms. The van der Waals surface area contributed by atoms with Crippen molar-refractivity contribution in [3.05, 3.63) is 30.1 Å². The maximum Gasteiger partial charge on any atom is 0.0955 e. The molecule has 1 unspecified atom stereocenters. The lowest BCUT2D eigenvalue weighted by molar-refractivity contribution is 0.577. The monoisotopic (exact) mass is 191 g/mol. The molecule has 5 heteroatoms. The molecule has 0 radical (unpaired) electrons. The molecule has 0 spiro atoms. The van der Waals surface area contributed by atoms with Crippen molar-refractivity contribution in [2.45, 2.75) is 6.17 Å². The number of hydrogen-bond acceptors (Lipinski definition) is 4. The smallest absolute Gasteiger partial charge is 0.0955 e. The number of nitrogens with zero attached hydrogens (tertiary/aromatic N) is 2. The van der Waals surface area contributed by atoms with Gasteiger partial charge in [0.2, 0.25) is 0 Å². The van der Waals surface area contributed by atoms with Gasteiger partial charge >= 0.3 is 0 Å². The summed E-state index contributed by atoms with van der Waals surface area (Å²) in [5.41, 5.74) is 11.2. The highest BCUT2D eigenvalue weighted by Crippen LogP contribution is 2.16. The van der Waals surface area contributed by atoms with Crippen LogP contribution in [-0.4, -0.2) is 9.55 Å². The lowest BCUT2D eigenvalue weighted by Gasteiger charge is -2.09. The van der Waals surface area contributed by atoms with E-state index in [4.69, 9.17) is 11.6 Å². The highest BCUT2D eigenvalue weighted by atomic mass is 15.3. The lowest BCUT2D eigenvalue weighted by atomic mass is 10.1. The fourth-order valence-electron chi connectivity index (χ4n) is 1.44. The molecule has 0 saturated heterocycles. The van der Waals surface area contributed by atoms with Gasteiger partial charge in [-0.3, -0.25) is 5.84 Å². The van der Waals surface area contributed by atoms with E-state index in [2.05, 4.69) is 10.4 Å². The van der Waals surface area contributed by atoms with Crippen molar-refractivity contribution < 1.29 is 0 Å². The van der Waals surface area contributed by atoms with Gasteiger partial charge in [0.25, 0.3) is 0 Å². The van der Waals surface area contributed by atoms with Crippen molar-refractivity contribution in [3.63, 3.8) is 0 Å². The van der Waals surface area contributed by atoms with Crippen molar-refractivity contribution in [1.82, 2.24) is 15.0 Å². The number of fused-ring (bicyclic) bond motifs is 1.